The highest BCUT2D eigenvalue weighted by molar-refractivity contribution is 4.96. The fourth-order valence-electron chi connectivity index (χ4n) is 2.91. The van der Waals surface area contributed by atoms with Crippen LogP contribution in [-0.2, 0) is 0 Å². The van der Waals surface area contributed by atoms with E-state index >= 15 is 0 Å². The lowest BCUT2D eigenvalue weighted by Crippen LogP contribution is -2.41. The lowest BCUT2D eigenvalue weighted by atomic mass is 9.80. The predicted octanol–water partition coefficient (Wildman–Crippen LogP) is 1.08. The van der Waals surface area contributed by atoms with Crippen molar-refractivity contribution in [3.05, 3.63) is 0 Å². The summed E-state index contributed by atoms with van der Waals surface area (Å²) in [7, 11) is 2.28. The molecule has 2 fully saturated rings. The molecule has 2 heteroatoms. The summed E-state index contributed by atoms with van der Waals surface area (Å²) in [6.07, 6.45) is 4.17. The van der Waals surface area contributed by atoms with Crippen molar-refractivity contribution in [3.63, 3.8) is 0 Å². The zero-order valence-corrected chi connectivity index (χ0v) is 8.27. The number of likely N-dealkylation sites (tertiary alicyclic amines) is 1. The molecule has 12 heavy (non-hydrogen) atoms. The summed E-state index contributed by atoms with van der Waals surface area (Å²) in [5.41, 5.74) is 0.561. The van der Waals surface area contributed by atoms with E-state index in [4.69, 9.17) is 0 Å². The molecule has 2 rings (SSSR count). The molecule has 0 aromatic carbocycles. The number of hydrogen-bond acceptors (Lipinski definition) is 2. The highest BCUT2D eigenvalue weighted by atomic mass is 15.2. The Morgan fingerprint density at radius 1 is 1.50 bits per heavy atom. The molecule has 0 aromatic heterocycles. The third kappa shape index (κ3) is 1.27. The van der Waals surface area contributed by atoms with Gasteiger partial charge in [-0.25, -0.2) is 0 Å². The second kappa shape index (κ2) is 3.00. The van der Waals surface area contributed by atoms with Crippen LogP contribution < -0.4 is 5.32 Å². The second-order valence-corrected chi connectivity index (χ2v) is 4.72. The van der Waals surface area contributed by atoms with Crippen LogP contribution in [0.1, 0.15) is 26.2 Å². The first kappa shape index (κ1) is 8.52. The van der Waals surface area contributed by atoms with Gasteiger partial charge in [-0.05, 0) is 44.8 Å². The van der Waals surface area contributed by atoms with Crippen molar-refractivity contribution in [2.45, 2.75) is 32.2 Å². The minimum absolute atomic E-state index is 0.561. The Bertz CT molecular complexity index is 161. The molecule has 0 spiro atoms. The maximum absolute atomic E-state index is 3.48. The highest BCUT2D eigenvalue weighted by Gasteiger charge is 2.40. The van der Waals surface area contributed by atoms with Gasteiger partial charge in [0.25, 0.3) is 0 Å². The fourth-order valence-corrected chi connectivity index (χ4v) is 2.91. The first-order valence-electron chi connectivity index (χ1n) is 5.13. The fraction of sp³-hybridized carbons (Fsp3) is 1.00. The first-order valence-corrected chi connectivity index (χ1v) is 5.13. The van der Waals surface area contributed by atoms with Crippen LogP contribution in [0.25, 0.3) is 0 Å². The molecule has 2 aliphatic heterocycles. The summed E-state index contributed by atoms with van der Waals surface area (Å²) < 4.78 is 0. The third-order valence-electron chi connectivity index (χ3n) is 3.73. The van der Waals surface area contributed by atoms with E-state index in [1.807, 2.05) is 0 Å². The van der Waals surface area contributed by atoms with Crippen LogP contribution >= 0.6 is 0 Å². The van der Waals surface area contributed by atoms with Gasteiger partial charge in [-0.15, -0.1) is 0 Å². The molecule has 2 aliphatic rings. The Morgan fingerprint density at radius 3 is 2.83 bits per heavy atom. The van der Waals surface area contributed by atoms with Gasteiger partial charge in [-0.1, -0.05) is 6.92 Å². The topological polar surface area (TPSA) is 15.3 Å². The average Bonchev–Trinajstić information content (AvgIpc) is 2.59. The van der Waals surface area contributed by atoms with Crippen LogP contribution in [0.2, 0.25) is 0 Å². The van der Waals surface area contributed by atoms with E-state index in [2.05, 4.69) is 24.2 Å². The quantitative estimate of drug-likeness (QED) is 0.630. The van der Waals surface area contributed by atoms with Crippen LogP contribution in [0.15, 0.2) is 0 Å². The Morgan fingerprint density at radius 2 is 2.33 bits per heavy atom. The van der Waals surface area contributed by atoms with Crippen molar-refractivity contribution < 1.29 is 0 Å². The first-order chi connectivity index (χ1) is 5.72. The zero-order valence-electron chi connectivity index (χ0n) is 8.27. The molecule has 0 saturated carbocycles. The lowest BCUT2D eigenvalue weighted by molar-refractivity contribution is 0.151. The van der Waals surface area contributed by atoms with Crippen LogP contribution in [0.4, 0.5) is 0 Å². The van der Waals surface area contributed by atoms with Gasteiger partial charge < -0.3 is 10.2 Å². The minimum atomic E-state index is 0.561. The maximum Gasteiger partial charge on any atom is 0.0159 e. The molecule has 0 aliphatic carbocycles. The van der Waals surface area contributed by atoms with Crippen molar-refractivity contribution in [3.8, 4) is 0 Å². The SMILES string of the molecule is CN1CCCC1C1(C)CCNC1. The van der Waals surface area contributed by atoms with E-state index < -0.39 is 0 Å². The van der Waals surface area contributed by atoms with Gasteiger partial charge in [0.15, 0.2) is 0 Å². The second-order valence-electron chi connectivity index (χ2n) is 4.72. The van der Waals surface area contributed by atoms with Crippen molar-refractivity contribution in [2.24, 2.45) is 5.41 Å². The molecule has 2 atom stereocenters. The van der Waals surface area contributed by atoms with Gasteiger partial charge in [-0.2, -0.15) is 0 Å². The molecule has 2 saturated heterocycles. The van der Waals surface area contributed by atoms with Crippen LogP contribution in [0, 0.1) is 5.41 Å². The minimum Gasteiger partial charge on any atom is -0.316 e. The standard InChI is InChI=1S/C10H20N2/c1-10(5-6-11-8-10)9-4-3-7-12(9)2/h9,11H,3-8H2,1-2H3. The van der Waals surface area contributed by atoms with Gasteiger partial charge in [0, 0.05) is 12.6 Å². The molecule has 70 valence electrons. The van der Waals surface area contributed by atoms with Gasteiger partial charge in [0.2, 0.25) is 0 Å². The molecule has 2 nitrogen and oxygen atoms in total. The van der Waals surface area contributed by atoms with Gasteiger partial charge in [0.05, 0.1) is 0 Å². The van der Waals surface area contributed by atoms with Crippen molar-refractivity contribution in [1.82, 2.24) is 10.2 Å². The maximum atomic E-state index is 3.48. The number of rotatable bonds is 1. The smallest absolute Gasteiger partial charge is 0.0159 e. The van der Waals surface area contributed by atoms with E-state index in [1.54, 1.807) is 0 Å². The Hall–Kier alpha value is -0.0800. The summed E-state index contributed by atoms with van der Waals surface area (Å²) >= 11 is 0. The summed E-state index contributed by atoms with van der Waals surface area (Å²) in [5.74, 6) is 0. The molecule has 0 amide bonds. The normalized spacial score (nSPS) is 44.0. The third-order valence-corrected chi connectivity index (χ3v) is 3.73. The lowest BCUT2D eigenvalue weighted by Gasteiger charge is -2.35. The van der Waals surface area contributed by atoms with Crippen LogP contribution in [0.3, 0.4) is 0 Å². The molecule has 1 N–H and O–H groups in total. The molecule has 0 bridgehead atoms. The molecular weight excluding hydrogens is 148 g/mol. The average molecular weight is 168 g/mol. The van der Waals surface area contributed by atoms with E-state index in [1.165, 1.54) is 38.9 Å². The molecular formula is C10H20N2. The Balaban J connectivity index is 2.06. The molecule has 0 radical (unpaired) electrons. The van der Waals surface area contributed by atoms with E-state index in [9.17, 15) is 0 Å². The monoisotopic (exact) mass is 168 g/mol. The summed E-state index contributed by atoms with van der Waals surface area (Å²) in [6, 6.07) is 0.840. The highest BCUT2D eigenvalue weighted by Crippen LogP contribution is 2.36. The van der Waals surface area contributed by atoms with E-state index in [0.717, 1.165) is 6.04 Å². The van der Waals surface area contributed by atoms with Crippen LogP contribution in [0.5, 0.6) is 0 Å². The van der Waals surface area contributed by atoms with Gasteiger partial charge >= 0.3 is 0 Å². The van der Waals surface area contributed by atoms with Crippen molar-refractivity contribution >= 4 is 0 Å². The van der Waals surface area contributed by atoms with E-state index in [0.29, 0.717) is 5.41 Å². The number of nitrogens with one attached hydrogen (secondary N) is 1. The molecule has 2 heterocycles. The molecule has 2 unspecified atom stereocenters. The summed E-state index contributed by atoms with van der Waals surface area (Å²) in [4.78, 5) is 2.55. The number of hydrogen-bond donors (Lipinski definition) is 1. The summed E-state index contributed by atoms with van der Waals surface area (Å²) in [5, 5.41) is 3.48. The Kier molecular flexibility index (Phi) is 2.13. The van der Waals surface area contributed by atoms with Crippen molar-refractivity contribution in [1.29, 1.82) is 0 Å². The number of nitrogens with zero attached hydrogens (tertiary/aromatic N) is 1. The zero-order chi connectivity index (χ0) is 8.60. The Labute approximate surface area is 75.3 Å². The van der Waals surface area contributed by atoms with Gasteiger partial charge in [0.1, 0.15) is 0 Å². The van der Waals surface area contributed by atoms with E-state index in [-0.39, 0.29) is 0 Å². The largest absolute Gasteiger partial charge is 0.316 e. The predicted molar refractivity (Wildman–Crippen MR) is 51.2 cm³/mol. The summed E-state index contributed by atoms with van der Waals surface area (Å²) in [6.45, 7) is 6.20. The van der Waals surface area contributed by atoms with Crippen LogP contribution in [-0.4, -0.2) is 37.6 Å². The van der Waals surface area contributed by atoms with Crippen molar-refractivity contribution in [2.75, 3.05) is 26.7 Å². The molecule has 0 aromatic rings. The van der Waals surface area contributed by atoms with Gasteiger partial charge in [-0.3, -0.25) is 0 Å².